The molecular formula is C10H17NO2. The molecule has 1 aliphatic heterocycles. The quantitative estimate of drug-likeness (QED) is 0.620. The molecule has 1 unspecified atom stereocenters. The van der Waals surface area contributed by atoms with Crippen LogP contribution in [0.4, 0.5) is 0 Å². The van der Waals surface area contributed by atoms with Crippen molar-refractivity contribution in [2.45, 2.75) is 39.5 Å². The van der Waals surface area contributed by atoms with Gasteiger partial charge < -0.3 is 0 Å². The zero-order valence-corrected chi connectivity index (χ0v) is 8.38. The molecule has 0 saturated carbocycles. The molecule has 0 radical (unpaired) electrons. The summed E-state index contributed by atoms with van der Waals surface area (Å²) >= 11 is 0. The van der Waals surface area contributed by atoms with Crippen LogP contribution in [0.5, 0.6) is 0 Å². The Morgan fingerprint density at radius 2 is 1.85 bits per heavy atom. The third kappa shape index (κ3) is 2.54. The Kier molecular flexibility index (Phi) is 3.46. The van der Waals surface area contributed by atoms with Crippen molar-refractivity contribution in [1.82, 2.24) is 4.90 Å². The number of carbonyl (C=O) groups excluding carboxylic acids is 2. The highest BCUT2D eigenvalue weighted by Crippen LogP contribution is 2.15. The molecule has 0 aromatic rings. The van der Waals surface area contributed by atoms with Gasteiger partial charge in [-0.25, -0.2) is 0 Å². The number of hydrogen-bond donors (Lipinski definition) is 0. The third-order valence-electron chi connectivity index (χ3n) is 2.43. The molecule has 0 bridgehead atoms. The van der Waals surface area contributed by atoms with E-state index in [1.807, 2.05) is 0 Å². The van der Waals surface area contributed by atoms with E-state index in [1.54, 1.807) is 0 Å². The summed E-state index contributed by atoms with van der Waals surface area (Å²) < 4.78 is 0. The first-order valence-electron chi connectivity index (χ1n) is 4.98. The molecule has 3 nitrogen and oxygen atoms in total. The van der Waals surface area contributed by atoms with Crippen LogP contribution >= 0.6 is 0 Å². The maximum Gasteiger partial charge on any atom is 0.229 e. The molecule has 2 amide bonds. The molecular weight excluding hydrogens is 166 g/mol. The lowest BCUT2D eigenvalue weighted by molar-refractivity contribution is -0.139. The lowest BCUT2D eigenvalue weighted by Crippen LogP contribution is -2.33. The lowest BCUT2D eigenvalue weighted by Gasteiger charge is -2.18. The molecule has 74 valence electrons. The van der Waals surface area contributed by atoms with Crippen LogP contribution in [0, 0.1) is 5.92 Å². The van der Waals surface area contributed by atoms with Crippen LogP contribution < -0.4 is 0 Å². The van der Waals surface area contributed by atoms with Crippen LogP contribution in [0.3, 0.4) is 0 Å². The van der Waals surface area contributed by atoms with E-state index in [2.05, 4.69) is 13.8 Å². The average Bonchev–Trinajstić information content (AvgIpc) is 2.36. The summed E-state index contributed by atoms with van der Waals surface area (Å²) in [5.41, 5.74) is 0. The van der Waals surface area contributed by atoms with Crippen molar-refractivity contribution < 1.29 is 9.59 Å². The largest absolute Gasteiger partial charge is 0.282 e. The minimum atomic E-state index is 0.00736. The van der Waals surface area contributed by atoms with Crippen molar-refractivity contribution in [2.75, 3.05) is 6.54 Å². The van der Waals surface area contributed by atoms with Gasteiger partial charge in [0.15, 0.2) is 0 Å². The molecule has 3 heteroatoms. The molecule has 1 aliphatic rings. The number of rotatable bonds is 4. The summed E-state index contributed by atoms with van der Waals surface area (Å²) in [5.74, 6) is 0.455. The van der Waals surface area contributed by atoms with Gasteiger partial charge in [0.05, 0.1) is 0 Å². The van der Waals surface area contributed by atoms with Gasteiger partial charge in [-0.3, -0.25) is 14.5 Å². The Bertz CT molecular complexity index is 197. The normalized spacial score (nSPS) is 19.7. The first-order valence-corrected chi connectivity index (χ1v) is 4.98. The number of imide groups is 1. The Hall–Kier alpha value is -0.860. The van der Waals surface area contributed by atoms with Crippen LogP contribution in [0.15, 0.2) is 0 Å². The van der Waals surface area contributed by atoms with Crippen LogP contribution in [-0.4, -0.2) is 23.3 Å². The molecule has 0 N–H and O–H groups in total. The van der Waals surface area contributed by atoms with Crippen molar-refractivity contribution >= 4 is 11.8 Å². The SMILES string of the molecule is CCCC(C)CN1C(=O)CCC1=O. The molecule has 0 aromatic heterocycles. The second kappa shape index (κ2) is 4.40. The molecule has 1 saturated heterocycles. The van der Waals surface area contributed by atoms with Crippen molar-refractivity contribution in [3.63, 3.8) is 0 Å². The summed E-state index contributed by atoms with van der Waals surface area (Å²) in [4.78, 5) is 23.9. The first-order chi connectivity index (χ1) is 6.15. The number of hydrogen-bond acceptors (Lipinski definition) is 2. The molecule has 1 heterocycles. The second-order valence-corrected chi connectivity index (χ2v) is 3.79. The van der Waals surface area contributed by atoms with Crippen LogP contribution in [0.1, 0.15) is 39.5 Å². The lowest BCUT2D eigenvalue weighted by atomic mass is 10.1. The molecule has 1 fully saturated rings. The zero-order chi connectivity index (χ0) is 9.84. The molecule has 0 aromatic carbocycles. The van der Waals surface area contributed by atoms with Gasteiger partial charge in [0.2, 0.25) is 11.8 Å². The number of amides is 2. The second-order valence-electron chi connectivity index (χ2n) is 3.79. The highest BCUT2D eigenvalue weighted by molar-refractivity contribution is 6.01. The van der Waals surface area contributed by atoms with Crippen molar-refractivity contribution in [1.29, 1.82) is 0 Å². The fourth-order valence-corrected chi connectivity index (χ4v) is 1.72. The van der Waals surface area contributed by atoms with Gasteiger partial charge in [-0.05, 0) is 12.3 Å². The van der Waals surface area contributed by atoms with Crippen molar-refractivity contribution in [2.24, 2.45) is 5.92 Å². The third-order valence-corrected chi connectivity index (χ3v) is 2.43. The summed E-state index contributed by atoms with van der Waals surface area (Å²) in [5, 5.41) is 0. The van der Waals surface area contributed by atoms with E-state index in [-0.39, 0.29) is 11.8 Å². The standard InChI is InChI=1S/C10H17NO2/c1-3-4-8(2)7-11-9(12)5-6-10(11)13/h8H,3-7H2,1-2H3. The van der Waals surface area contributed by atoms with Crippen molar-refractivity contribution in [3.8, 4) is 0 Å². The zero-order valence-electron chi connectivity index (χ0n) is 8.38. The number of likely N-dealkylation sites (tertiary alicyclic amines) is 1. The van der Waals surface area contributed by atoms with E-state index >= 15 is 0 Å². The highest BCUT2D eigenvalue weighted by Gasteiger charge is 2.29. The molecule has 13 heavy (non-hydrogen) atoms. The topological polar surface area (TPSA) is 37.4 Å². The summed E-state index contributed by atoms with van der Waals surface area (Å²) in [6, 6.07) is 0. The fourth-order valence-electron chi connectivity index (χ4n) is 1.72. The van der Waals surface area contributed by atoms with Crippen LogP contribution in [0.25, 0.3) is 0 Å². The number of carbonyl (C=O) groups is 2. The van der Waals surface area contributed by atoms with E-state index in [9.17, 15) is 9.59 Å². The smallest absolute Gasteiger partial charge is 0.229 e. The molecule has 0 spiro atoms. The average molecular weight is 183 g/mol. The van der Waals surface area contributed by atoms with E-state index in [0.29, 0.717) is 25.3 Å². The van der Waals surface area contributed by atoms with Crippen LogP contribution in [0.2, 0.25) is 0 Å². The maximum absolute atomic E-state index is 11.2. The first kappa shape index (κ1) is 10.2. The highest BCUT2D eigenvalue weighted by atomic mass is 16.2. The van der Waals surface area contributed by atoms with Gasteiger partial charge in [-0.2, -0.15) is 0 Å². The van der Waals surface area contributed by atoms with Gasteiger partial charge in [-0.15, -0.1) is 0 Å². The predicted octanol–water partition coefficient (Wildman–Crippen LogP) is 1.57. The van der Waals surface area contributed by atoms with E-state index < -0.39 is 0 Å². The maximum atomic E-state index is 11.2. The van der Waals surface area contributed by atoms with Gasteiger partial charge in [0.25, 0.3) is 0 Å². The van der Waals surface area contributed by atoms with E-state index in [4.69, 9.17) is 0 Å². The van der Waals surface area contributed by atoms with Crippen molar-refractivity contribution in [3.05, 3.63) is 0 Å². The minimum absolute atomic E-state index is 0.00736. The monoisotopic (exact) mass is 183 g/mol. The Morgan fingerprint density at radius 1 is 1.31 bits per heavy atom. The fraction of sp³-hybridized carbons (Fsp3) is 0.800. The van der Waals surface area contributed by atoms with Crippen LogP contribution in [-0.2, 0) is 9.59 Å². The van der Waals surface area contributed by atoms with E-state index in [1.165, 1.54) is 4.90 Å². The molecule has 1 rings (SSSR count). The summed E-state index contributed by atoms with van der Waals surface area (Å²) in [6.45, 7) is 4.82. The Morgan fingerprint density at radius 3 is 2.31 bits per heavy atom. The summed E-state index contributed by atoms with van der Waals surface area (Å²) in [6.07, 6.45) is 3.02. The Balaban J connectivity index is 2.43. The number of nitrogens with zero attached hydrogens (tertiary/aromatic N) is 1. The van der Waals surface area contributed by atoms with Gasteiger partial charge in [-0.1, -0.05) is 20.3 Å². The van der Waals surface area contributed by atoms with E-state index in [0.717, 1.165) is 12.8 Å². The Labute approximate surface area is 79.1 Å². The van der Waals surface area contributed by atoms with Gasteiger partial charge in [0, 0.05) is 19.4 Å². The predicted molar refractivity (Wildman–Crippen MR) is 50.0 cm³/mol. The molecule has 1 atom stereocenters. The van der Waals surface area contributed by atoms with Gasteiger partial charge >= 0.3 is 0 Å². The minimum Gasteiger partial charge on any atom is -0.282 e. The van der Waals surface area contributed by atoms with Gasteiger partial charge in [0.1, 0.15) is 0 Å². The molecule has 0 aliphatic carbocycles. The summed E-state index contributed by atoms with van der Waals surface area (Å²) in [7, 11) is 0.